The van der Waals surface area contributed by atoms with E-state index in [1.165, 1.54) is 4.90 Å². The van der Waals surface area contributed by atoms with Crippen LogP contribution in [0.3, 0.4) is 0 Å². The molecule has 1 aliphatic heterocycles. The third-order valence-electron chi connectivity index (χ3n) is 3.65. The van der Waals surface area contributed by atoms with Crippen molar-refractivity contribution >= 4 is 17.5 Å². The zero-order valence-electron chi connectivity index (χ0n) is 10.9. The Labute approximate surface area is 107 Å². The highest BCUT2D eigenvalue weighted by molar-refractivity contribution is 6.21. The number of carbonyl (C=O) groups excluding carboxylic acids is 2. The van der Waals surface area contributed by atoms with E-state index >= 15 is 0 Å². The maximum Gasteiger partial charge on any atom is 0.237 e. The topological polar surface area (TPSA) is 63.4 Å². The zero-order chi connectivity index (χ0) is 13.4. The second-order valence-electron chi connectivity index (χ2n) is 4.97. The lowest BCUT2D eigenvalue weighted by Gasteiger charge is -2.15. The van der Waals surface area contributed by atoms with E-state index in [2.05, 4.69) is 0 Å². The highest BCUT2D eigenvalue weighted by atomic mass is 16.2. The van der Waals surface area contributed by atoms with Crippen LogP contribution in [0.5, 0.6) is 0 Å². The number of hydrogen-bond donors (Lipinski definition) is 1. The van der Waals surface area contributed by atoms with Crippen molar-refractivity contribution in [1.82, 2.24) is 0 Å². The molecule has 3 atom stereocenters. The molecule has 0 spiro atoms. The van der Waals surface area contributed by atoms with Crippen LogP contribution in [-0.2, 0) is 9.59 Å². The van der Waals surface area contributed by atoms with Gasteiger partial charge in [0.2, 0.25) is 11.8 Å². The van der Waals surface area contributed by atoms with E-state index in [-0.39, 0.29) is 29.7 Å². The molecule has 18 heavy (non-hydrogen) atoms. The summed E-state index contributed by atoms with van der Waals surface area (Å²) >= 11 is 0. The van der Waals surface area contributed by atoms with Crippen LogP contribution in [0.1, 0.15) is 32.4 Å². The van der Waals surface area contributed by atoms with Crippen molar-refractivity contribution in [2.45, 2.75) is 26.8 Å². The van der Waals surface area contributed by atoms with Gasteiger partial charge in [0.25, 0.3) is 0 Å². The van der Waals surface area contributed by atoms with E-state index in [0.29, 0.717) is 5.69 Å². The normalized spacial score (nSPS) is 25.7. The third kappa shape index (κ3) is 1.93. The predicted octanol–water partition coefficient (Wildman–Crippen LogP) is 1.85. The molecule has 1 saturated heterocycles. The van der Waals surface area contributed by atoms with Gasteiger partial charge >= 0.3 is 0 Å². The van der Waals surface area contributed by atoms with Crippen molar-refractivity contribution in [2.24, 2.45) is 17.6 Å². The summed E-state index contributed by atoms with van der Waals surface area (Å²) < 4.78 is 0. The van der Waals surface area contributed by atoms with Gasteiger partial charge in [-0.1, -0.05) is 26.0 Å². The van der Waals surface area contributed by atoms with Gasteiger partial charge in [0.15, 0.2) is 0 Å². The minimum absolute atomic E-state index is 0.0538. The number of anilines is 1. The number of hydrogen-bond acceptors (Lipinski definition) is 3. The highest BCUT2D eigenvalue weighted by Crippen LogP contribution is 2.30. The van der Waals surface area contributed by atoms with Gasteiger partial charge < -0.3 is 5.73 Å². The largest absolute Gasteiger partial charge is 0.324 e. The molecule has 2 amide bonds. The number of amides is 2. The standard InChI is InChI=1S/C14H18N2O2/c1-8-9(2)14(18)16(13(8)17)12-6-4-11(5-7-12)10(3)15/h4-10H,15H2,1-3H3. The second-order valence-corrected chi connectivity index (χ2v) is 4.97. The summed E-state index contributed by atoms with van der Waals surface area (Å²) in [6, 6.07) is 7.21. The lowest BCUT2D eigenvalue weighted by atomic mass is 10.00. The molecule has 1 fully saturated rings. The Bertz CT molecular complexity index is 459. The maximum atomic E-state index is 12.0. The molecular formula is C14H18N2O2. The first-order valence-electron chi connectivity index (χ1n) is 6.17. The van der Waals surface area contributed by atoms with Crippen molar-refractivity contribution in [1.29, 1.82) is 0 Å². The first-order chi connectivity index (χ1) is 8.43. The fourth-order valence-corrected chi connectivity index (χ4v) is 2.13. The average molecular weight is 246 g/mol. The molecule has 2 N–H and O–H groups in total. The Balaban J connectivity index is 2.32. The summed E-state index contributed by atoms with van der Waals surface area (Å²) in [4.78, 5) is 25.3. The molecule has 1 heterocycles. The fourth-order valence-electron chi connectivity index (χ4n) is 2.13. The summed E-state index contributed by atoms with van der Waals surface area (Å²) in [7, 11) is 0. The predicted molar refractivity (Wildman–Crippen MR) is 69.9 cm³/mol. The average Bonchev–Trinajstić information content (AvgIpc) is 2.54. The number of benzene rings is 1. The molecule has 0 radical (unpaired) electrons. The minimum Gasteiger partial charge on any atom is -0.324 e. The van der Waals surface area contributed by atoms with Crippen LogP contribution in [0.2, 0.25) is 0 Å². The zero-order valence-corrected chi connectivity index (χ0v) is 10.9. The first kappa shape index (κ1) is 12.8. The van der Waals surface area contributed by atoms with Crippen LogP contribution in [0.15, 0.2) is 24.3 Å². The smallest absolute Gasteiger partial charge is 0.237 e. The Morgan fingerprint density at radius 3 is 1.89 bits per heavy atom. The number of rotatable bonds is 2. The third-order valence-corrected chi connectivity index (χ3v) is 3.65. The molecule has 0 saturated carbocycles. The number of carbonyl (C=O) groups is 2. The van der Waals surface area contributed by atoms with Crippen molar-refractivity contribution in [3.8, 4) is 0 Å². The molecule has 4 nitrogen and oxygen atoms in total. The van der Waals surface area contributed by atoms with Gasteiger partial charge in [0.05, 0.1) is 5.69 Å². The van der Waals surface area contributed by atoms with Gasteiger partial charge in [-0.2, -0.15) is 0 Å². The van der Waals surface area contributed by atoms with E-state index in [4.69, 9.17) is 5.73 Å². The summed E-state index contributed by atoms with van der Waals surface area (Å²) in [5, 5.41) is 0. The van der Waals surface area contributed by atoms with Gasteiger partial charge in [-0.25, -0.2) is 0 Å². The molecular weight excluding hydrogens is 228 g/mol. The molecule has 1 aromatic carbocycles. The van der Waals surface area contributed by atoms with Crippen molar-refractivity contribution in [3.05, 3.63) is 29.8 Å². The quantitative estimate of drug-likeness (QED) is 0.810. The van der Waals surface area contributed by atoms with Crippen LogP contribution in [0, 0.1) is 11.8 Å². The monoisotopic (exact) mass is 246 g/mol. The Kier molecular flexibility index (Phi) is 3.22. The summed E-state index contributed by atoms with van der Waals surface area (Å²) in [5.41, 5.74) is 7.38. The molecule has 1 aliphatic rings. The maximum absolute atomic E-state index is 12.0. The number of nitrogens with two attached hydrogens (primary N) is 1. The molecule has 0 bridgehead atoms. The molecule has 4 heteroatoms. The van der Waals surface area contributed by atoms with Crippen LogP contribution in [0.25, 0.3) is 0 Å². The molecule has 2 rings (SSSR count). The van der Waals surface area contributed by atoms with Gasteiger partial charge in [-0.15, -0.1) is 0 Å². The minimum atomic E-state index is -0.245. The van der Waals surface area contributed by atoms with E-state index in [1.54, 1.807) is 26.0 Å². The van der Waals surface area contributed by atoms with Gasteiger partial charge in [-0.3, -0.25) is 14.5 Å². The Hall–Kier alpha value is -1.68. The SMILES string of the molecule is CC(N)c1ccc(N2C(=O)C(C)C(C)C2=O)cc1. The van der Waals surface area contributed by atoms with E-state index in [0.717, 1.165) is 5.56 Å². The van der Waals surface area contributed by atoms with Crippen LogP contribution < -0.4 is 10.6 Å². The van der Waals surface area contributed by atoms with E-state index in [9.17, 15) is 9.59 Å². The molecule has 0 aromatic heterocycles. The first-order valence-corrected chi connectivity index (χ1v) is 6.17. The van der Waals surface area contributed by atoms with E-state index < -0.39 is 0 Å². The molecule has 1 aromatic rings. The van der Waals surface area contributed by atoms with Crippen molar-refractivity contribution in [2.75, 3.05) is 4.90 Å². The number of imide groups is 1. The van der Waals surface area contributed by atoms with Gasteiger partial charge in [0, 0.05) is 17.9 Å². The summed E-state index contributed by atoms with van der Waals surface area (Å²) in [6.07, 6.45) is 0. The molecule has 96 valence electrons. The lowest BCUT2D eigenvalue weighted by molar-refractivity contribution is -0.122. The number of nitrogens with zero attached hydrogens (tertiary/aromatic N) is 1. The summed E-state index contributed by atoms with van der Waals surface area (Å²) in [6.45, 7) is 5.48. The fraction of sp³-hybridized carbons (Fsp3) is 0.429. The summed E-state index contributed by atoms with van der Waals surface area (Å²) in [5.74, 6) is -0.738. The Morgan fingerprint density at radius 1 is 1.06 bits per heavy atom. The van der Waals surface area contributed by atoms with Gasteiger partial charge in [0.1, 0.15) is 0 Å². The van der Waals surface area contributed by atoms with Crippen molar-refractivity contribution in [3.63, 3.8) is 0 Å². The van der Waals surface area contributed by atoms with Crippen LogP contribution >= 0.6 is 0 Å². The van der Waals surface area contributed by atoms with Crippen LogP contribution in [-0.4, -0.2) is 11.8 Å². The van der Waals surface area contributed by atoms with Gasteiger partial charge in [-0.05, 0) is 24.6 Å². The lowest BCUT2D eigenvalue weighted by Crippen LogP contribution is -2.30. The highest BCUT2D eigenvalue weighted by Gasteiger charge is 2.42. The van der Waals surface area contributed by atoms with E-state index in [1.807, 2.05) is 19.1 Å². The van der Waals surface area contributed by atoms with Crippen molar-refractivity contribution < 1.29 is 9.59 Å². The molecule has 3 unspecified atom stereocenters. The molecule has 0 aliphatic carbocycles. The Morgan fingerprint density at radius 2 is 1.50 bits per heavy atom. The van der Waals surface area contributed by atoms with Crippen LogP contribution in [0.4, 0.5) is 5.69 Å². The second kappa shape index (κ2) is 4.53.